The van der Waals surface area contributed by atoms with Crippen molar-refractivity contribution in [2.75, 3.05) is 19.4 Å². The predicted octanol–water partition coefficient (Wildman–Crippen LogP) is 3.26. The Morgan fingerprint density at radius 1 is 1.11 bits per heavy atom. The van der Waals surface area contributed by atoms with E-state index in [0.29, 0.717) is 30.5 Å². The van der Waals surface area contributed by atoms with Gasteiger partial charge in [-0.15, -0.1) is 10.2 Å². The smallest absolute Gasteiger partial charge is 0.277 e. The fourth-order valence-corrected chi connectivity index (χ4v) is 3.07. The van der Waals surface area contributed by atoms with Gasteiger partial charge in [-0.1, -0.05) is 36.0 Å². The van der Waals surface area contributed by atoms with Crippen molar-refractivity contribution in [2.45, 2.75) is 18.1 Å². The molecule has 0 aliphatic heterocycles. The topological polar surface area (TPSA) is 77.2 Å². The van der Waals surface area contributed by atoms with Crippen LogP contribution >= 0.6 is 11.8 Å². The summed E-state index contributed by atoms with van der Waals surface area (Å²) in [7, 11) is 1.62. The van der Waals surface area contributed by atoms with Crippen LogP contribution in [-0.4, -0.2) is 35.5 Å². The first-order valence-electron chi connectivity index (χ1n) is 8.71. The number of amides is 1. The fraction of sp³-hybridized carbons (Fsp3) is 0.250. The summed E-state index contributed by atoms with van der Waals surface area (Å²) in [6, 6.07) is 13.8. The van der Waals surface area contributed by atoms with Crippen LogP contribution in [0.3, 0.4) is 0 Å². The normalized spacial score (nSPS) is 10.6. The van der Waals surface area contributed by atoms with Crippen LogP contribution in [0.5, 0.6) is 5.75 Å². The van der Waals surface area contributed by atoms with Gasteiger partial charge in [-0.2, -0.15) is 0 Å². The zero-order valence-electron chi connectivity index (χ0n) is 15.4. The van der Waals surface area contributed by atoms with Crippen LogP contribution in [0.1, 0.15) is 17.0 Å². The molecule has 6 nitrogen and oxygen atoms in total. The highest BCUT2D eigenvalue weighted by Crippen LogP contribution is 2.19. The lowest BCUT2D eigenvalue weighted by Gasteiger charge is -2.04. The quantitative estimate of drug-likeness (QED) is 0.555. The number of aromatic nitrogens is 2. The van der Waals surface area contributed by atoms with E-state index in [1.165, 1.54) is 23.9 Å². The summed E-state index contributed by atoms with van der Waals surface area (Å²) in [6.07, 6.45) is 1.16. The van der Waals surface area contributed by atoms with Gasteiger partial charge in [0.15, 0.2) is 0 Å². The van der Waals surface area contributed by atoms with Gasteiger partial charge in [0.2, 0.25) is 11.8 Å². The number of ether oxygens (including phenoxy) is 1. The maximum Gasteiger partial charge on any atom is 0.277 e. The molecule has 0 saturated heterocycles. The summed E-state index contributed by atoms with van der Waals surface area (Å²) in [6.45, 7) is 0.484. The largest absolute Gasteiger partial charge is 0.497 e. The second-order valence-corrected chi connectivity index (χ2v) is 6.93. The van der Waals surface area contributed by atoms with Gasteiger partial charge in [0, 0.05) is 6.54 Å². The number of methoxy groups -OCH3 is 1. The van der Waals surface area contributed by atoms with E-state index in [1.807, 2.05) is 24.3 Å². The Labute approximate surface area is 166 Å². The lowest BCUT2D eigenvalue weighted by Crippen LogP contribution is -2.27. The van der Waals surface area contributed by atoms with Gasteiger partial charge in [0.1, 0.15) is 11.6 Å². The molecule has 0 unspecified atom stereocenters. The summed E-state index contributed by atoms with van der Waals surface area (Å²) in [4.78, 5) is 11.9. The second-order valence-electron chi connectivity index (χ2n) is 6.00. The van der Waals surface area contributed by atoms with E-state index in [-0.39, 0.29) is 17.5 Å². The number of benzene rings is 2. The number of halogens is 1. The summed E-state index contributed by atoms with van der Waals surface area (Å²) >= 11 is 1.19. The zero-order chi connectivity index (χ0) is 19.8. The van der Waals surface area contributed by atoms with E-state index in [4.69, 9.17) is 9.15 Å². The minimum Gasteiger partial charge on any atom is -0.497 e. The number of hydrogen-bond donors (Lipinski definition) is 1. The first-order chi connectivity index (χ1) is 13.6. The first-order valence-corrected chi connectivity index (χ1v) is 9.70. The van der Waals surface area contributed by atoms with Crippen molar-refractivity contribution < 1.29 is 18.3 Å². The highest BCUT2D eigenvalue weighted by Gasteiger charge is 2.10. The average molecular weight is 401 g/mol. The summed E-state index contributed by atoms with van der Waals surface area (Å²) in [5, 5.41) is 11.1. The number of hydrogen-bond acceptors (Lipinski definition) is 6. The van der Waals surface area contributed by atoms with E-state index < -0.39 is 0 Å². The van der Waals surface area contributed by atoms with Crippen LogP contribution in [0.4, 0.5) is 4.39 Å². The Kier molecular flexibility index (Phi) is 7.02. The molecule has 1 aromatic heterocycles. The van der Waals surface area contributed by atoms with Crippen LogP contribution in [0.2, 0.25) is 0 Å². The highest BCUT2D eigenvalue weighted by atomic mass is 32.2. The van der Waals surface area contributed by atoms with Crippen molar-refractivity contribution in [3.8, 4) is 5.75 Å². The summed E-state index contributed by atoms with van der Waals surface area (Å²) in [5.41, 5.74) is 1.99. The van der Waals surface area contributed by atoms with Crippen molar-refractivity contribution in [1.29, 1.82) is 0 Å². The maximum absolute atomic E-state index is 12.9. The number of carbonyl (C=O) groups is 1. The molecule has 1 N–H and O–H groups in total. The molecule has 8 heteroatoms. The molecule has 28 heavy (non-hydrogen) atoms. The van der Waals surface area contributed by atoms with Crippen LogP contribution in [0.25, 0.3) is 0 Å². The van der Waals surface area contributed by atoms with E-state index in [9.17, 15) is 9.18 Å². The van der Waals surface area contributed by atoms with Crippen molar-refractivity contribution in [1.82, 2.24) is 15.5 Å². The molecule has 0 fully saturated rings. The third-order valence-electron chi connectivity index (χ3n) is 3.94. The molecule has 0 spiro atoms. The van der Waals surface area contributed by atoms with Crippen molar-refractivity contribution >= 4 is 17.7 Å². The average Bonchev–Trinajstić information content (AvgIpc) is 3.16. The van der Waals surface area contributed by atoms with Crippen LogP contribution in [0, 0.1) is 5.82 Å². The molecule has 0 radical (unpaired) electrons. The number of rotatable bonds is 9. The van der Waals surface area contributed by atoms with Gasteiger partial charge < -0.3 is 14.5 Å². The van der Waals surface area contributed by atoms with Gasteiger partial charge in [-0.25, -0.2) is 4.39 Å². The van der Waals surface area contributed by atoms with E-state index in [2.05, 4.69) is 15.5 Å². The monoisotopic (exact) mass is 401 g/mol. The van der Waals surface area contributed by atoms with Gasteiger partial charge in [-0.3, -0.25) is 4.79 Å². The molecule has 3 rings (SSSR count). The lowest BCUT2D eigenvalue weighted by atomic mass is 10.1. The second kappa shape index (κ2) is 9.89. The van der Waals surface area contributed by atoms with Crippen LogP contribution < -0.4 is 10.1 Å². The van der Waals surface area contributed by atoms with E-state index >= 15 is 0 Å². The standard InChI is InChI=1S/C20H20FN3O3S/c1-26-17-8-4-15(5-9-17)12-19-23-24-20(27-19)28-13-18(25)22-11-10-14-2-6-16(21)7-3-14/h2-9H,10-13H2,1H3,(H,22,25). The third-order valence-corrected chi connectivity index (χ3v) is 4.76. The molecule has 0 aliphatic carbocycles. The van der Waals surface area contributed by atoms with Crippen LogP contribution in [-0.2, 0) is 17.6 Å². The number of thioether (sulfide) groups is 1. The Bertz CT molecular complexity index is 898. The van der Waals surface area contributed by atoms with Crippen molar-refractivity contribution in [3.63, 3.8) is 0 Å². The molecule has 146 valence electrons. The molecular weight excluding hydrogens is 381 g/mol. The molecule has 3 aromatic rings. The molecule has 0 saturated carbocycles. The molecule has 0 bridgehead atoms. The minimum atomic E-state index is -0.268. The van der Waals surface area contributed by atoms with Gasteiger partial charge >= 0.3 is 0 Å². The summed E-state index contributed by atoms with van der Waals surface area (Å²) < 4.78 is 23.6. The lowest BCUT2D eigenvalue weighted by molar-refractivity contribution is -0.118. The van der Waals surface area contributed by atoms with Gasteiger partial charge in [0.25, 0.3) is 5.22 Å². The van der Waals surface area contributed by atoms with Crippen molar-refractivity contribution in [2.24, 2.45) is 0 Å². The van der Waals surface area contributed by atoms with Crippen molar-refractivity contribution in [3.05, 3.63) is 71.4 Å². The molecule has 1 heterocycles. The van der Waals surface area contributed by atoms with Crippen LogP contribution in [0.15, 0.2) is 58.2 Å². The highest BCUT2D eigenvalue weighted by molar-refractivity contribution is 7.99. The maximum atomic E-state index is 12.9. The molecule has 0 atom stereocenters. The number of carbonyl (C=O) groups excluding carboxylic acids is 1. The first kappa shape index (κ1) is 19.9. The molecule has 0 aliphatic rings. The number of nitrogens with zero attached hydrogens (tertiary/aromatic N) is 2. The summed E-state index contributed by atoms with van der Waals surface area (Å²) in [5.74, 6) is 1.07. The zero-order valence-corrected chi connectivity index (χ0v) is 16.2. The van der Waals surface area contributed by atoms with Gasteiger partial charge in [0.05, 0.1) is 19.3 Å². The minimum absolute atomic E-state index is 0.123. The Morgan fingerprint density at radius 3 is 2.54 bits per heavy atom. The predicted molar refractivity (Wildman–Crippen MR) is 104 cm³/mol. The van der Waals surface area contributed by atoms with Gasteiger partial charge in [-0.05, 0) is 41.8 Å². The Balaban J connectivity index is 1.39. The Hall–Kier alpha value is -2.87. The Morgan fingerprint density at radius 2 is 1.82 bits per heavy atom. The fourth-order valence-electron chi connectivity index (χ4n) is 2.46. The molecule has 1 amide bonds. The SMILES string of the molecule is COc1ccc(Cc2nnc(SCC(=O)NCCc3ccc(F)cc3)o2)cc1. The molecule has 2 aromatic carbocycles. The third kappa shape index (κ3) is 6.09. The van der Waals surface area contributed by atoms with E-state index in [1.54, 1.807) is 19.2 Å². The number of nitrogens with one attached hydrogen (secondary N) is 1. The molecular formula is C20H20FN3O3S. The van der Waals surface area contributed by atoms with E-state index in [0.717, 1.165) is 16.9 Å².